The van der Waals surface area contributed by atoms with Crippen molar-refractivity contribution in [1.82, 2.24) is 9.21 Å². The Morgan fingerprint density at radius 1 is 1.17 bits per heavy atom. The van der Waals surface area contributed by atoms with Crippen molar-refractivity contribution in [1.29, 1.82) is 0 Å². The Bertz CT molecular complexity index is 1150. The number of rotatable bonds is 3. The summed E-state index contributed by atoms with van der Waals surface area (Å²) in [5.74, 6) is 0.112. The average Bonchev–Trinajstić information content (AvgIpc) is 3.19. The molecule has 1 aromatic heterocycles. The molecule has 1 aliphatic carbocycles. The van der Waals surface area contributed by atoms with Crippen molar-refractivity contribution < 1.29 is 17.9 Å². The van der Waals surface area contributed by atoms with Crippen molar-refractivity contribution in [2.45, 2.75) is 29.8 Å². The fraction of sp³-hybridized carbons (Fsp3) is 0.381. The molecule has 5 rings (SSSR count). The van der Waals surface area contributed by atoms with Crippen LogP contribution in [0.4, 0.5) is 4.79 Å². The predicted molar refractivity (Wildman–Crippen MR) is 120 cm³/mol. The fourth-order valence-electron chi connectivity index (χ4n) is 4.55. The zero-order valence-electron chi connectivity index (χ0n) is 16.1. The standard InChI is InChI=1S/C21H21BrN2O4S2/c22-15-5-6-18-14(11-15)12-28-21(25)24(18)16-7-9-23(10-8-16)30(26,27)20-13-29-19-4-2-1-3-17(19)20/h1-6,11,13-14,16,18H,7-10,12H2. The minimum absolute atomic E-state index is 0.0362. The summed E-state index contributed by atoms with van der Waals surface area (Å²) in [6, 6.07) is 7.50. The van der Waals surface area contributed by atoms with E-state index in [1.54, 1.807) is 9.69 Å². The molecule has 2 aliphatic heterocycles. The van der Waals surface area contributed by atoms with Crippen LogP contribution in [0.1, 0.15) is 12.8 Å². The van der Waals surface area contributed by atoms with E-state index in [-0.39, 0.29) is 24.1 Å². The van der Waals surface area contributed by atoms with E-state index in [0.717, 1.165) is 14.6 Å². The van der Waals surface area contributed by atoms with Crippen molar-refractivity contribution in [2.75, 3.05) is 19.7 Å². The number of hydrogen-bond acceptors (Lipinski definition) is 5. The van der Waals surface area contributed by atoms with E-state index in [2.05, 4.69) is 22.0 Å². The van der Waals surface area contributed by atoms with Crippen molar-refractivity contribution in [3.63, 3.8) is 0 Å². The van der Waals surface area contributed by atoms with Gasteiger partial charge in [-0.3, -0.25) is 4.90 Å². The number of sulfonamides is 1. The molecule has 0 radical (unpaired) electrons. The Labute approximate surface area is 188 Å². The number of cyclic esters (lactones) is 1. The summed E-state index contributed by atoms with van der Waals surface area (Å²) in [6.45, 7) is 1.15. The highest BCUT2D eigenvalue weighted by atomic mass is 79.9. The second-order valence-corrected chi connectivity index (χ2v) is 11.5. The quantitative estimate of drug-likeness (QED) is 0.618. The van der Waals surface area contributed by atoms with E-state index in [1.165, 1.54) is 11.3 Å². The summed E-state index contributed by atoms with van der Waals surface area (Å²) in [6.07, 6.45) is 6.96. The number of halogens is 1. The van der Waals surface area contributed by atoms with Crippen molar-refractivity contribution in [3.05, 3.63) is 52.4 Å². The highest BCUT2D eigenvalue weighted by Crippen LogP contribution is 2.35. The van der Waals surface area contributed by atoms with E-state index in [1.807, 2.05) is 41.3 Å². The maximum Gasteiger partial charge on any atom is 0.410 e. The van der Waals surface area contributed by atoms with Crippen LogP contribution in [0.25, 0.3) is 10.1 Å². The largest absolute Gasteiger partial charge is 0.449 e. The number of ether oxygens (including phenoxy) is 1. The molecular formula is C21H21BrN2O4S2. The minimum atomic E-state index is -3.56. The fourth-order valence-corrected chi connectivity index (χ4v) is 7.98. The number of nitrogens with zero attached hydrogens (tertiary/aromatic N) is 2. The van der Waals surface area contributed by atoms with Gasteiger partial charge in [0.2, 0.25) is 10.0 Å². The molecule has 2 fully saturated rings. The molecule has 1 amide bonds. The minimum Gasteiger partial charge on any atom is -0.449 e. The molecule has 0 spiro atoms. The number of piperidine rings is 1. The number of thiophene rings is 1. The Morgan fingerprint density at radius 3 is 2.73 bits per heavy atom. The van der Waals surface area contributed by atoms with Gasteiger partial charge in [0.25, 0.3) is 0 Å². The van der Waals surface area contributed by atoms with Crippen LogP contribution in [-0.2, 0) is 14.8 Å². The van der Waals surface area contributed by atoms with Crippen LogP contribution in [0.2, 0.25) is 0 Å². The number of allylic oxidation sites excluding steroid dienone is 2. The molecule has 6 nitrogen and oxygen atoms in total. The Balaban J connectivity index is 1.34. The molecule has 2 atom stereocenters. The lowest BCUT2D eigenvalue weighted by atomic mass is 9.90. The summed E-state index contributed by atoms with van der Waals surface area (Å²) in [5, 5.41) is 2.51. The number of carbonyl (C=O) groups is 1. The van der Waals surface area contributed by atoms with Gasteiger partial charge in [-0.1, -0.05) is 52.4 Å². The summed E-state index contributed by atoms with van der Waals surface area (Å²) >= 11 is 4.94. The van der Waals surface area contributed by atoms with E-state index in [9.17, 15) is 13.2 Å². The summed E-state index contributed by atoms with van der Waals surface area (Å²) in [4.78, 5) is 14.7. The van der Waals surface area contributed by atoms with Crippen molar-refractivity contribution >= 4 is 53.5 Å². The smallest absolute Gasteiger partial charge is 0.410 e. The highest BCUT2D eigenvalue weighted by molar-refractivity contribution is 9.11. The maximum atomic E-state index is 13.3. The Hall–Kier alpha value is -1.68. The number of amides is 1. The van der Waals surface area contributed by atoms with E-state index in [0.29, 0.717) is 37.4 Å². The van der Waals surface area contributed by atoms with Gasteiger partial charge in [-0.25, -0.2) is 13.2 Å². The topological polar surface area (TPSA) is 66.9 Å². The normalized spacial score (nSPS) is 25.8. The first-order chi connectivity index (χ1) is 14.4. The third-order valence-corrected chi connectivity index (χ3v) is 9.66. The van der Waals surface area contributed by atoms with Gasteiger partial charge in [0.05, 0.1) is 6.04 Å². The molecule has 2 aromatic rings. The molecule has 2 unspecified atom stereocenters. The van der Waals surface area contributed by atoms with Crippen LogP contribution in [0, 0.1) is 5.92 Å². The van der Waals surface area contributed by atoms with Crippen LogP contribution in [0.15, 0.2) is 57.3 Å². The second kappa shape index (κ2) is 7.78. The number of hydrogen-bond donors (Lipinski definition) is 0. The first-order valence-corrected chi connectivity index (χ1v) is 13.0. The van der Waals surface area contributed by atoms with Crippen LogP contribution < -0.4 is 0 Å². The Kier molecular flexibility index (Phi) is 5.25. The second-order valence-electron chi connectivity index (χ2n) is 7.78. The van der Waals surface area contributed by atoms with Crippen LogP contribution in [0.3, 0.4) is 0 Å². The third-order valence-electron chi connectivity index (χ3n) is 6.08. The zero-order chi connectivity index (χ0) is 20.9. The molecule has 0 bridgehead atoms. The molecule has 3 aliphatic rings. The van der Waals surface area contributed by atoms with Gasteiger partial charge in [-0.05, 0) is 18.9 Å². The molecular weight excluding hydrogens is 488 g/mol. The predicted octanol–water partition coefficient (Wildman–Crippen LogP) is 4.34. The monoisotopic (exact) mass is 508 g/mol. The first kappa shape index (κ1) is 20.2. The molecule has 158 valence electrons. The summed E-state index contributed by atoms with van der Waals surface area (Å²) in [7, 11) is -3.56. The molecule has 3 heterocycles. The number of benzene rings is 1. The molecule has 30 heavy (non-hydrogen) atoms. The molecule has 2 saturated heterocycles. The Morgan fingerprint density at radius 2 is 1.93 bits per heavy atom. The van der Waals surface area contributed by atoms with Gasteiger partial charge in [0.15, 0.2) is 0 Å². The molecule has 1 aromatic carbocycles. The zero-order valence-corrected chi connectivity index (χ0v) is 19.3. The van der Waals surface area contributed by atoms with E-state index < -0.39 is 10.0 Å². The average molecular weight is 509 g/mol. The lowest BCUT2D eigenvalue weighted by Crippen LogP contribution is -2.57. The van der Waals surface area contributed by atoms with Crippen LogP contribution in [0.5, 0.6) is 0 Å². The lowest BCUT2D eigenvalue weighted by Gasteiger charge is -2.45. The SMILES string of the molecule is O=C1OCC2C=C(Br)C=CC2N1C1CCN(S(=O)(=O)c2csc3ccccc23)CC1. The number of fused-ring (bicyclic) bond motifs is 2. The van der Waals surface area contributed by atoms with Gasteiger partial charge >= 0.3 is 6.09 Å². The lowest BCUT2D eigenvalue weighted by molar-refractivity contribution is 0.00613. The summed E-state index contributed by atoms with van der Waals surface area (Å²) < 4.78 is 35.5. The van der Waals surface area contributed by atoms with Crippen LogP contribution in [-0.4, -0.2) is 55.5 Å². The van der Waals surface area contributed by atoms with Gasteiger partial charge in [-0.15, -0.1) is 11.3 Å². The first-order valence-electron chi connectivity index (χ1n) is 9.92. The van der Waals surface area contributed by atoms with Crippen molar-refractivity contribution in [2.24, 2.45) is 5.92 Å². The summed E-state index contributed by atoms with van der Waals surface area (Å²) in [5.41, 5.74) is 0. The van der Waals surface area contributed by atoms with Crippen molar-refractivity contribution in [3.8, 4) is 0 Å². The number of carbonyl (C=O) groups excluding carboxylic acids is 1. The van der Waals surface area contributed by atoms with Gasteiger partial charge in [0, 0.05) is 45.0 Å². The van der Waals surface area contributed by atoms with Gasteiger partial charge in [-0.2, -0.15) is 4.31 Å². The maximum absolute atomic E-state index is 13.3. The molecule has 9 heteroatoms. The van der Waals surface area contributed by atoms with Gasteiger partial charge in [0.1, 0.15) is 11.5 Å². The highest BCUT2D eigenvalue weighted by Gasteiger charge is 2.42. The van der Waals surface area contributed by atoms with E-state index >= 15 is 0 Å². The van der Waals surface area contributed by atoms with Gasteiger partial charge < -0.3 is 4.74 Å². The van der Waals surface area contributed by atoms with E-state index in [4.69, 9.17) is 4.74 Å². The van der Waals surface area contributed by atoms with Crippen LogP contribution >= 0.6 is 27.3 Å². The molecule has 0 N–H and O–H groups in total. The molecule has 0 saturated carbocycles. The third kappa shape index (κ3) is 3.41.